The molecule has 0 aliphatic heterocycles. The number of rotatable bonds is 23. The molecule has 0 aromatic rings. The Labute approximate surface area is 208 Å². The molecular weight excluding hydrogens is 434 g/mol. The Morgan fingerprint density at radius 3 is 1.97 bits per heavy atom. The topological polar surface area (TPSA) is 93.1 Å². The molecule has 0 bridgehead atoms. The first kappa shape index (κ1) is 32.6. The summed E-state index contributed by atoms with van der Waals surface area (Å²) >= 11 is 0. The van der Waals surface area contributed by atoms with E-state index in [1.165, 1.54) is 51.4 Å². The van der Waals surface area contributed by atoms with E-state index in [0.29, 0.717) is 17.3 Å². The second kappa shape index (κ2) is 20.9. The summed E-state index contributed by atoms with van der Waals surface area (Å²) in [6.07, 6.45) is 18.8. The van der Waals surface area contributed by atoms with Gasteiger partial charge in [-0.05, 0) is 32.1 Å². The number of carbonyl (C=O) groups excluding carboxylic acids is 1. The summed E-state index contributed by atoms with van der Waals surface area (Å²) in [6.45, 7) is 2.39. The van der Waals surface area contributed by atoms with Crippen LogP contribution in [0.4, 0.5) is 0 Å². The highest BCUT2D eigenvalue weighted by molar-refractivity contribution is 5.72. The number of carboxylic acid groups (broad SMARTS) is 1. The predicted octanol–water partition coefficient (Wildman–Crippen LogP) is 5.10. The maximum Gasteiger partial charge on any atom is 0.362 e. The average Bonchev–Trinajstić information content (AvgIpc) is 2.76. The molecule has 7 nitrogen and oxygen atoms in total. The van der Waals surface area contributed by atoms with Crippen molar-refractivity contribution in [3.8, 4) is 0 Å². The number of hydrogen-bond acceptors (Lipinski definition) is 5. The second-order valence-electron chi connectivity index (χ2n) is 10.2. The number of aliphatic hydroxyl groups excluding tert-OH is 1. The fraction of sp³-hybridized carbons (Fsp3) is 0.852. The molecule has 0 saturated heterocycles. The van der Waals surface area contributed by atoms with Gasteiger partial charge in [0.15, 0.2) is 6.04 Å². The minimum Gasteiger partial charge on any atom is -0.477 e. The number of carboxylic acids is 1. The fourth-order valence-electron chi connectivity index (χ4n) is 3.73. The normalized spacial score (nSPS) is 13.8. The van der Waals surface area contributed by atoms with E-state index in [2.05, 4.69) is 19.1 Å². The van der Waals surface area contributed by atoms with Crippen molar-refractivity contribution in [2.75, 3.05) is 41.0 Å². The van der Waals surface area contributed by atoms with Gasteiger partial charge >= 0.3 is 11.9 Å². The van der Waals surface area contributed by atoms with Gasteiger partial charge in [0.1, 0.15) is 12.7 Å². The summed E-state index contributed by atoms with van der Waals surface area (Å²) in [5.74, 6) is -1.16. The number of allylic oxidation sites excluding steroid dienone is 2. The van der Waals surface area contributed by atoms with Gasteiger partial charge in [0.2, 0.25) is 0 Å². The Morgan fingerprint density at radius 2 is 1.41 bits per heavy atom. The SMILES string of the molecule is CCCCCCC/C=C\CCCCCCCC(=O)OCC(O)COCCC(C(=O)O)[N+](C)(C)C. The number of aliphatic carboxylic acids is 1. The molecule has 0 spiro atoms. The Bertz CT molecular complexity index is 544. The van der Waals surface area contributed by atoms with Crippen LogP contribution >= 0.6 is 0 Å². The first-order valence-corrected chi connectivity index (χ1v) is 13.3. The monoisotopic (exact) mass is 486 g/mol. The van der Waals surface area contributed by atoms with E-state index in [1.54, 1.807) is 0 Å². The van der Waals surface area contributed by atoms with Crippen LogP contribution in [0.25, 0.3) is 0 Å². The van der Waals surface area contributed by atoms with Crippen LogP contribution in [0.3, 0.4) is 0 Å². The first-order valence-electron chi connectivity index (χ1n) is 13.3. The van der Waals surface area contributed by atoms with Crippen molar-refractivity contribution in [2.45, 2.75) is 109 Å². The number of nitrogens with zero attached hydrogens (tertiary/aromatic N) is 1. The third-order valence-electron chi connectivity index (χ3n) is 5.90. The number of likely N-dealkylation sites (N-methyl/N-ethyl adjacent to an activating group) is 1. The van der Waals surface area contributed by atoms with Crippen LogP contribution < -0.4 is 0 Å². The number of carbonyl (C=O) groups is 2. The van der Waals surface area contributed by atoms with Crippen molar-refractivity contribution in [1.82, 2.24) is 0 Å². The van der Waals surface area contributed by atoms with Crippen LogP contribution in [-0.2, 0) is 19.1 Å². The Kier molecular flexibility index (Phi) is 20.0. The van der Waals surface area contributed by atoms with Crippen LogP contribution in [-0.4, -0.2) is 79.7 Å². The lowest BCUT2D eigenvalue weighted by Gasteiger charge is -2.31. The summed E-state index contributed by atoms with van der Waals surface area (Å²) < 4.78 is 10.8. The van der Waals surface area contributed by atoms with Crippen LogP contribution in [0.15, 0.2) is 12.2 Å². The zero-order valence-corrected chi connectivity index (χ0v) is 22.3. The largest absolute Gasteiger partial charge is 0.477 e. The van der Waals surface area contributed by atoms with Crippen LogP contribution in [0.1, 0.15) is 96.8 Å². The molecule has 0 aromatic carbocycles. The van der Waals surface area contributed by atoms with Crippen LogP contribution in [0, 0.1) is 0 Å². The fourth-order valence-corrected chi connectivity index (χ4v) is 3.73. The lowest BCUT2D eigenvalue weighted by Crippen LogP contribution is -2.50. The highest BCUT2D eigenvalue weighted by Gasteiger charge is 2.30. The number of ether oxygens (including phenoxy) is 2. The summed E-state index contributed by atoms with van der Waals surface area (Å²) in [7, 11) is 5.47. The number of quaternary nitrogens is 1. The summed E-state index contributed by atoms with van der Waals surface area (Å²) in [4.78, 5) is 23.1. The van der Waals surface area contributed by atoms with Gasteiger partial charge in [-0.3, -0.25) is 4.79 Å². The van der Waals surface area contributed by atoms with Crippen molar-refractivity contribution in [2.24, 2.45) is 0 Å². The van der Waals surface area contributed by atoms with Crippen molar-refractivity contribution in [1.29, 1.82) is 0 Å². The van der Waals surface area contributed by atoms with E-state index < -0.39 is 18.1 Å². The zero-order valence-electron chi connectivity index (χ0n) is 22.3. The molecule has 0 rings (SSSR count). The van der Waals surface area contributed by atoms with Crippen molar-refractivity contribution >= 4 is 11.9 Å². The van der Waals surface area contributed by atoms with Gasteiger partial charge in [0.25, 0.3) is 0 Å². The van der Waals surface area contributed by atoms with Gasteiger partial charge in [0.05, 0.1) is 34.4 Å². The van der Waals surface area contributed by atoms with E-state index >= 15 is 0 Å². The Morgan fingerprint density at radius 1 is 0.853 bits per heavy atom. The van der Waals surface area contributed by atoms with Crippen molar-refractivity contribution in [3.05, 3.63) is 12.2 Å². The number of hydrogen-bond donors (Lipinski definition) is 2. The number of unbranched alkanes of at least 4 members (excludes halogenated alkanes) is 10. The van der Waals surface area contributed by atoms with E-state index in [0.717, 1.165) is 25.7 Å². The molecule has 0 aliphatic rings. The molecule has 200 valence electrons. The lowest BCUT2D eigenvalue weighted by atomic mass is 10.1. The molecule has 7 heteroatoms. The van der Waals surface area contributed by atoms with Gasteiger partial charge < -0.3 is 24.2 Å². The molecule has 2 atom stereocenters. The van der Waals surface area contributed by atoms with Crippen molar-refractivity contribution < 1.29 is 33.8 Å². The molecule has 0 heterocycles. The van der Waals surface area contributed by atoms with Gasteiger partial charge in [-0.25, -0.2) is 4.79 Å². The van der Waals surface area contributed by atoms with Gasteiger partial charge in [0, 0.05) is 12.8 Å². The molecule has 0 aliphatic carbocycles. The Balaban J connectivity index is 3.59. The Hall–Kier alpha value is -1.44. The van der Waals surface area contributed by atoms with Crippen LogP contribution in [0.2, 0.25) is 0 Å². The molecule has 0 fully saturated rings. The minimum atomic E-state index is -0.902. The molecule has 34 heavy (non-hydrogen) atoms. The van der Waals surface area contributed by atoms with E-state index in [-0.39, 0.29) is 25.8 Å². The minimum absolute atomic E-state index is 0.0179. The molecule has 2 N–H and O–H groups in total. The number of aliphatic hydroxyl groups is 1. The molecule has 0 saturated carbocycles. The zero-order chi connectivity index (χ0) is 25.7. The average molecular weight is 487 g/mol. The second-order valence-corrected chi connectivity index (χ2v) is 10.2. The third kappa shape index (κ3) is 20.0. The quantitative estimate of drug-likeness (QED) is 0.0903. The van der Waals surface area contributed by atoms with E-state index in [1.807, 2.05) is 21.1 Å². The summed E-state index contributed by atoms with van der Waals surface area (Å²) in [5.41, 5.74) is 0. The van der Waals surface area contributed by atoms with Gasteiger partial charge in [-0.1, -0.05) is 64.0 Å². The summed E-state index contributed by atoms with van der Waals surface area (Å²) in [5, 5.41) is 19.2. The summed E-state index contributed by atoms with van der Waals surface area (Å²) in [6, 6.07) is -0.573. The molecule has 0 aromatic heterocycles. The third-order valence-corrected chi connectivity index (χ3v) is 5.90. The van der Waals surface area contributed by atoms with E-state index in [4.69, 9.17) is 9.47 Å². The lowest BCUT2D eigenvalue weighted by molar-refractivity contribution is -0.887. The molecule has 0 radical (unpaired) electrons. The van der Waals surface area contributed by atoms with Crippen LogP contribution in [0.5, 0.6) is 0 Å². The molecule has 2 unspecified atom stereocenters. The van der Waals surface area contributed by atoms with Crippen molar-refractivity contribution in [3.63, 3.8) is 0 Å². The highest BCUT2D eigenvalue weighted by atomic mass is 16.5. The molecular formula is C27H52NO6+. The smallest absolute Gasteiger partial charge is 0.362 e. The highest BCUT2D eigenvalue weighted by Crippen LogP contribution is 2.10. The standard InChI is InChI=1S/C27H51NO6/c1-5-6-7-8-9-10-11-12-13-14-15-16-17-18-19-26(30)34-23-24(29)22-33-21-20-25(27(31)32)28(2,3)4/h11-12,24-25,29H,5-10,13-23H2,1-4H3/p+1/b12-11-. The first-order chi connectivity index (χ1) is 16.2. The number of esters is 1. The maximum absolute atomic E-state index is 11.8. The maximum atomic E-state index is 11.8. The van der Waals surface area contributed by atoms with E-state index in [9.17, 15) is 19.8 Å². The van der Waals surface area contributed by atoms with Gasteiger partial charge in [-0.2, -0.15) is 0 Å². The van der Waals surface area contributed by atoms with Gasteiger partial charge in [-0.15, -0.1) is 0 Å². The molecule has 0 amide bonds. The predicted molar refractivity (Wildman–Crippen MR) is 137 cm³/mol.